The van der Waals surface area contributed by atoms with Crippen LogP contribution in [0.4, 0.5) is 5.82 Å². The zero-order valence-electron chi connectivity index (χ0n) is 23.0. The predicted molar refractivity (Wildman–Crippen MR) is 150 cm³/mol. The third-order valence-corrected chi connectivity index (χ3v) is 8.64. The molecule has 0 spiro atoms. The first-order chi connectivity index (χ1) is 19.2. The molecule has 3 aromatic heterocycles. The number of nitrogens with zero attached hydrogens (tertiary/aromatic N) is 8. The molecule has 3 aromatic rings. The van der Waals surface area contributed by atoms with Gasteiger partial charge in [-0.1, -0.05) is 12.5 Å². The van der Waals surface area contributed by atoms with Crippen LogP contribution in [0, 0.1) is 5.92 Å². The van der Waals surface area contributed by atoms with Crippen molar-refractivity contribution in [1.29, 1.82) is 0 Å². The van der Waals surface area contributed by atoms with E-state index in [1.54, 1.807) is 6.33 Å². The molecule has 0 aromatic carbocycles. The maximum Gasteiger partial charge on any atom is 0.225 e. The molecule has 1 aliphatic carbocycles. The number of hydrogen-bond acceptors (Lipinski definition) is 8. The summed E-state index contributed by atoms with van der Waals surface area (Å²) in [6.07, 6.45) is 11.9. The topological polar surface area (TPSA) is 92.5 Å². The number of ether oxygens (including phenoxy) is 1. The van der Waals surface area contributed by atoms with Gasteiger partial charge in [-0.3, -0.25) is 4.79 Å². The third-order valence-electron chi connectivity index (χ3n) is 8.64. The van der Waals surface area contributed by atoms with Gasteiger partial charge in [0.05, 0.1) is 30.4 Å². The molecule has 5 heterocycles. The van der Waals surface area contributed by atoms with Gasteiger partial charge in [-0.05, 0) is 64.6 Å². The number of rotatable bonds is 7. The number of piperidine rings is 1. The van der Waals surface area contributed by atoms with Crippen LogP contribution in [0.2, 0.25) is 0 Å². The molecular weight excluding hydrogens is 492 g/mol. The van der Waals surface area contributed by atoms with Crippen LogP contribution in [0.25, 0.3) is 11.0 Å². The minimum atomic E-state index is 0.191. The van der Waals surface area contributed by atoms with Crippen LogP contribution in [0.3, 0.4) is 0 Å². The molecule has 0 unspecified atom stereocenters. The summed E-state index contributed by atoms with van der Waals surface area (Å²) in [5.74, 6) is 2.05. The van der Waals surface area contributed by atoms with Crippen molar-refractivity contribution in [1.82, 2.24) is 34.5 Å². The molecule has 0 radical (unpaired) electrons. The van der Waals surface area contributed by atoms with Crippen molar-refractivity contribution >= 4 is 22.8 Å². The van der Waals surface area contributed by atoms with E-state index in [0.717, 1.165) is 61.6 Å². The van der Waals surface area contributed by atoms with E-state index in [1.807, 2.05) is 36.0 Å². The summed E-state index contributed by atoms with van der Waals surface area (Å²) in [7, 11) is 0. The SMILES string of the molecule is CCOc1cccc(Cn2ncc3c(N4CCN(C(=O)[C@H]5CC[C@H](N6CCCCC6)CC5)CC4)ncnc32)n1. The number of aromatic nitrogens is 5. The van der Waals surface area contributed by atoms with Crippen molar-refractivity contribution in [2.75, 3.05) is 50.8 Å². The highest BCUT2D eigenvalue weighted by Gasteiger charge is 2.33. The van der Waals surface area contributed by atoms with Crippen molar-refractivity contribution in [2.45, 2.75) is 64.5 Å². The highest BCUT2D eigenvalue weighted by molar-refractivity contribution is 5.87. The summed E-state index contributed by atoms with van der Waals surface area (Å²) in [5, 5.41) is 5.53. The number of pyridine rings is 1. The molecule has 1 amide bonds. The van der Waals surface area contributed by atoms with Crippen molar-refractivity contribution in [3.8, 4) is 5.88 Å². The summed E-state index contributed by atoms with van der Waals surface area (Å²) in [4.78, 5) is 34.1. The molecule has 6 rings (SSSR count). The summed E-state index contributed by atoms with van der Waals surface area (Å²) in [6, 6.07) is 6.46. The third kappa shape index (κ3) is 5.71. The Labute approximate surface area is 230 Å². The van der Waals surface area contributed by atoms with E-state index in [0.29, 0.717) is 31.0 Å². The van der Waals surface area contributed by atoms with E-state index in [2.05, 4.69) is 34.8 Å². The van der Waals surface area contributed by atoms with E-state index in [9.17, 15) is 4.79 Å². The van der Waals surface area contributed by atoms with E-state index in [4.69, 9.17) is 4.74 Å². The van der Waals surface area contributed by atoms with Gasteiger partial charge in [0.15, 0.2) is 5.65 Å². The quantitative estimate of drug-likeness (QED) is 0.457. The molecule has 39 heavy (non-hydrogen) atoms. The second-order valence-corrected chi connectivity index (χ2v) is 11.1. The molecule has 10 heteroatoms. The number of hydrogen-bond donors (Lipinski definition) is 0. The fraction of sp³-hybridized carbons (Fsp3) is 0.621. The Morgan fingerprint density at radius 1 is 0.974 bits per heavy atom. The minimum Gasteiger partial charge on any atom is -0.478 e. The van der Waals surface area contributed by atoms with Crippen LogP contribution in [0.5, 0.6) is 5.88 Å². The lowest BCUT2D eigenvalue weighted by atomic mass is 9.83. The second kappa shape index (κ2) is 11.9. The van der Waals surface area contributed by atoms with Crippen molar-refractivity contribution in [3.05, 3.63) is 36.4 Å². The van der Waals surface area contributed by atoms with Crippen LogP contribution in [-0.4, -0.2) is 92.4 Å². The normalized spacial score (nSPS) is 22.8. The molecule has 3 aliphatic rings. The maximum atomic E-state index is 13.4. The average molecular weight is 533 g/mol. The van der Waals surface area contributed by atoms with Gasteiger partial charge in [0.2, 0.25) is 11.8 Å². The first-order valence-corrected chi connectivity index (χ1v) is 14.7. The number of carbonyl (C=O) groups is 1. The Balaban J connectivity index is 1.06. The van der Waals surface area contributed by atoms with Gasteiger partial charge in [-0.2, -0.15) is 5.10 Å². The molecule has 10 nitrogen and oxygen atoms in total. The van der Waals surface area contributed by atoms with E-state index in [1.165, 1.54) is 45.2 Å². The van der Waals surface area contributed by atoms with Crippen LogP contribution in [-0.2, 0) is 11.3 Å². The number of piperazine rings is 1. The highest BCUT2D eigenvalue weighted by atomic mass is 16.5. The minimum absolute atomic E-state index is 0.191. The molecule has 1 saturated carbocycles. The summed E-state index contributed by atoms with van der Waals surface area (Å²) in [5.41, 5.74) is 1.65. The van der Waals surface area contributed by atoms with Crippen molar-refractivity contribution in [2.24, 2.45) is 5.92 Å². The van der Waals surface area contributed by atoms with Gasteiger partial charge in [0, 0.05) is 44.2 Å². The lowest BCUT2D eigenvalue weighted by Gasteiger charge is -2.41. The average Bonchev–Trinajstić information content (AvgIpc) is 3.40. The van der Waals surface area contributed by atoms with Gasteiger partial charge in [-0.15, -0.1) is 0 Å². The Hall–Kier alpha value is -3.27. The standard InChI is InChI=1S/C29H40N8O2/c1-2-39-26-8-6-7-23(33-26)20-37-28-25(19-32-37)27(30-21-31-28)35-15-17-36(18-16-35)29(38)22-9-11-24(12-10-22)34-13-4-3-5-14-34/h6-8,19,21-22,24H,2-5,9-18,20H2,1H3/t22-,24-. The molecule has 2 saturated heterocycles. The molecule has 3 fully saturated rings. The fourth-order valence-corrected chi connectivity index (χ4v) is 6.54. The van der Waals surface area contributed by atoms with Gasteiger partial charge in [0.1, 0.15) is 12.1 Å². The molecule has 0 bridgehead atoms. The summed E-state index contributed by atoms with van der Waals surface area (Å²) >= 11 is 0. The van der Waals surface area contributed by atoms with Crippen LogP contribution in [0.15, 0.2) is 30.7 Å². The van der Waals surface area contributed by atoms with Crippen LogP contribution in [0.1, 0.15) is 57.6 Å². The Bertz CT molecular complexity index is 1260. The zero-order valence-corrected chi connectivity index (χ0v) is 23.0. The van der Waals surface area contributed by atoms with Gasteiger partial charge in [-0.25, -0.2) is 19.6 Å². The first-order valence-electron chi connectivity index (χ1n) is 14.7. The number of anilines is 1. The molecule has 208 valence electrons. The Morgan fingerprint density at radius 3 is 2.54 bits per heavy atom. The van der Waals surface area contributed by atoms with Crippen molar-refractivity contribution < 1.29 is 9.53 Å². The predicted octanol–water partition coefficient (Wildman–Crippen LogP) is 3.36. The molecule has 0 N–H and O–H groups in total. The van der Waals surface area contributed by atoms with E-state index >= 15 is 0 Å². The van der Waals surface area contributed by atoms with E-state index in [-0.39, 0.29) is 5.92 Å². The molecule has 0 atom stereocenters. The zero-order chi connectivity index (χ0) is 26.6. The largest absolute Gasteiger partial charge is 0.478 e. The first kappa shape index (κ1) is 26.0. The summed E-state index contributed by atoms with van der Waals surface area (Å²) in [6.45, 7) is 8.53. The number of likely N-dealkylation sites (tertiary alicyclic amines) is 1. The summed E-state index contributed by atoms with van der Waals surface area (Å²) < 4.78 is 7.40. The Kier molecular flexibility index (Phi) is 7.90. The second-order valence-electron chi connectivity index (χ2n) is 11.1. The molecule has 2 aliphatic heterocycles. The highest BCUT2D eigenvalue weighted by Crippen LogP contribution is 2.31. The number of fused-ring (bicyclic) bond motifs is 1. The van der Waals surface area contributed by atoms with Gasteiger partial charge < -0.3 is 19.4 Å². The van der Waals surface area contributed by atoms with Gasteiger partial charge >= 0.3 is 0 Å². The van der Waals surface area contributed by atoms with Crippen molar-refractivity contribution in [3.63, 3.8) is 0 Å². The lowest BCUT2D eigenvalue weighted by Crippen LogP contribution is -2.51. The lowest BCUT2D eigenvalue weighted by molar-refractivity contribution is -0.137. The van der Waals surface area contributed by atoms with Crippen LogP contribution >= 0.6 is 0 Å². The Morgan fingerprint density at radius 2 is 1.77 bits per heavy atom. The smallest absolute Gasteiger partial charge is 0.225 e. The fourth-order valence-electron chi connectivity index (χ4n) is 6.54. The monoisotopic (exact) mass is 532 g/mol. The maximum absolute atomic E-state index is 13.4. The number of amides is 1. The van der Waals surface area contributed by atoms with Crippen LogP contribution < -0.4 is 9.64 Å². The van der Waals surface area contributed by atoms with Gasteiger partial charge in [0.25, 0.3) is 0 Å². The number of carbonyl (C=O) groups excluding carboxylic acids is 1. The molecular formula is C29H40N8O2. The van der Waals surface area contributed by atoms with E-state index < -0.39 is 0 Å².